The minimum Gasteiger partial charge on any atom is -0.381 e. The number of hydrogen-bond donors (Lipinski definition) is 2. The maximum absolute atomic E-state index is 11.6. The summed E-state index contributed by atoms with van der Waals surface area (Å²) in [6.45, 7) is 0. The zero-order valence-electron chi connectivity index (χ0n) is 11.5. The average Bonchev–Trinajstić information content (AvgIpc) is 2.47. The zero-order chi connectivity index (χ0) is 13.7. The van der Waals surface area contributed by atoms with Crippen molar-refractivity contribution < 1.29 is 4.79 Å². The molecule has 4 nitrogen and oxygen atoms in total. The monoisotopic (exact) mass is 279 g/mol. The fraction of sp³-hybridized carbons (Fsp3) is 0.571. The van der Waals surface area contributed by atoms with Crippen molar-refractivity contribution in [2.75, 3.05) is 18.6 Å². The fourth-order valence-corrected chi connectivity index (χ4v) is 3.47. The largest absolute Gasteiger partial charge is 0.381 e. The van der Waals surface area contributed by atoms with Gasteiger partial charge in [0.05, 0.1) is 0 Å². The van der Waals surface area contributed by atoms with Gasteiger partial charge < -0.3 is 10.6 Å². The third-order valence-corrected chi connectivity index (χ3v) is 4.75. The van der Waals surface area contributed by atoms with Crippen LogP contribution in [0.3, 0.4) is 0 Å². The Morgan fingerprint density at radius 1 is 1.42 bits per heavy atom. The summed E-state index contributed by atoms with van der Waals surface area (Å²) in [6.07, 6.45) is 8.93. The van der Waals surface area contributed by atoms with Gasteiger partial charge in [0.15, 0.2) is 0 Å². The van der Waals surface area contributed by atoms with Crippen molar-refractivity contribution >= 4 is 23.4 Å². The summed E-state index contributed by atoms with van der Waals surface area (Å²) in [7, 11) is 1.62. The van der Waals surface area contributed by atoms with Crippen molar-refractivity contribution in [1.29, 1.82) is 0 Å². The highest BCUT2D eigenvalue weighted by atomic mass is 32.2. The van der Waals surface area contributed by atoms with E-state index in [1.165, 1.54) is 25.7 Å². The van der Waals surface area contributed by atoms with Gasteiger partial charge in [0, 0.05) is 30.2 Å². The van der Waals surface area contributed by atoms with Gasteiger partial charge in [0.2, 0.25) is 0 Å². The predicted molar refractivity (Wildman–Crippen MR) is 80.8 cm³/mol. The van der Waals surface area contributed by atoms with Crippen LogP contribution in [-0.2, 0) is 0 Å². The van der Waals surface area contributed by atoms with Gasteiger partial charge in [0.25, 0.3) is 5.91 Å². The summed E-state index contributed by atoms with van der Waals surface area (Å²) in [5, 5.41) is 6.82. The second-order valence-electron chi connectivity index (χ2n) is 4.82. The van der Waals surface area contributed by atoms with E-state index in [1.807, 2.05) is 23.9 Å². The van der Waals surface area contributed by atoms with Gasteiger partial charge in [0.1, 0.15) is 5.69 Å². The molecule has 0 radical (unpaired) electrons. The molecule has 2 unspecified atom stereocenters. The van der Waals surface area contributed by atoms with Crippen LogP contribution in [0.1, 0.15) is 36.2 Å². The molecule has 1 fully saturated rings. The van der Waals surface area contributed by atoms with Crippen LogP contribution in [0.4, 0.5) is 5.69 Å². The van der Waals surface area contributed by atoms with E-state index in [2.05, 4.69) is 21.9 Å². The minimum atomic E-state index is -0.145. The van der Waals surface area contributed by atoms with E-state index in [9.17, 15) is 4.79 Å². The zero-order valence-corrected chi connectivity index (χ0v) is 12.3. The highest BCUT2D eigenvalue weighted by molar-refractivity contribution is 7.99. The minimum absolute atomic E-state index is 0.145. The van der Waals surface area contributed by atoms with E-state index < -0.39 is 0 Å². The molecule has 1 amide bonds. The molecule has 0 aliphatic heterocycles. The Morgan fingerprint density at radius 2 is 2.21 bits per heavy atom. The Bertz CT molecular complexity index is 438. The predicted octanol–water partition coefficient (Wildman–Crippen LogP) is 2.53. The second kappa shape index (κ2) is 6.80. The molecule has 0 spiro atoms. The molecule has 1 heterocycles. The van der Waals surface area contributed by atoms with E-state index >= 15 is 0 Å². The molecule has 2 N–H and O–H groups in total. The molecule has 1 saturated carbocycles. The van der Waals surface area contributed by atoms with Crippen LogP contribution in [0, 0.1) is 0 Å². The summed E-state index contributed by atoms with van der Waals surface area (Å²) in [4.78, 5) is 15.7. The number of thioether (sulfide) groups is 1. The summed E-state index contributed by atoms with van der Waals surface area (Å²) >= 11 is 1.93. The van der Waals surface area contributed by atoms with Crippen LogP contribution in [0.15, 0.2) is 18.3 Å². The quantitative estimate of drug-likeness (QED) is 0.889. The molecule has 19 heavy (non-hydrogen) atoms. The van der Waals surface area contributed by atoms with Gasteiger partial charge in [-0.15, -0.1) is 0 Å². The maximum atomic E-state index is 11.6. The molecule has 2 atom stereocenters. The van der Waals surface area contributed by atoms with Gasteiger partial charge in [-0.05, 0) is 31.2 Å². The van der Waals surface area contributed by atoms with E-state index in [-0.39, 0.29) is 5.91 Å². The number of aromatic nitrogens is 1. The third kappa shape index (κ3) is 3.62. The number of nitrogens with zero attached hydrogens (tertiary/aromatic N) is 1. The van der Waals surface area contributed by atoms with Gasteiger partial charge >= 0.3 is 0 Å². The lowest BCUT2D eigenvalue weighted by Gasteiger charge is -2.31. The summed E-state index contributed by atoms with van der Waals surface area (Å²) in [5.41, 5.74) is 1.45. The smallest absolute Gasteiger partial charge is 0.269 e. The Morgan fingerprint density at radius 3 is 2.95 bits per heavy atom. The van der Waals surface area contributed by atoms with Gasteiger partial charge in [-0.1, -0.05) is 12.8 Å². The molecule has 104 valence electrons. The molecule has 0 bridgehead atoms. The molecular weight excluding hydrogens is 258 g/mol. The van der Waals surface area contributed by atoms with Crippen molar-refractivity contribution in [3.63, 3.8) is 0 Å². The van der Waals surface area contributed by atoms with Crippen molar-refractivity contribution in [1.82, 2.24) is 10.3 Å². The Hall–Kier alpha value is -1.23. The molecular formula is C14H21N3OS. The van der Waals surface area contributed by atoms with Crippen LogP contribution in [0.2, 0.25) is 0 Å². The van der Waals surface area contributed by atoms with Gasteiger partial charge in [-0.25, -0.2) is 0 Å². The van der Waals surface area contributed by atoms with Crippen molar-refractivity contribution in [3.05, 3.63) is 24.0 Å². The summed E-state index contributed by atoms with van der Waals surface area (Å²) in [5.74, 6) is -0.145. The first-order valence-electron chi connectivity index (χ1n) is 6.72. The topological polar surface area (TPSA) is 54.0 Å². The highest BCUT2D eigenvalue weighted by Gasteiger charge is 2.24. The van der Waals surface area contributed by atoms with Crippen LogP contribution < -0.4 is 10.6 Å². The number of pyridine rings is 1. The molecule has 0 aromatic carbocycles. The first-order chi connectivity index (χ1) is 9.24. The average molecular weight is 279 g/mol. The molecule has 1 aliphatic rings. The van der Waals surface area contributed by atoms with Crippen molar-refractivity contribution in [2.24, 2.45) is 0 Å². The van der Waals surface area contributed by atoms with Gasteiger partial charge in [-0.2, -0.15) is 11.8 Å². The standard InChI is InChI=1S/C14H21N3OS/c1-15-14(18)12-9-10(7-8-16-12)17-11-5-3-4-6-13(11)19-2/h7-9,11,13H,3-6H2,1-2H3,(H,15,18)(H,16,17). The lowest BCUT2D eigenvalue weighted by Crippen LogP contribution is -2.34. The van der Waals surface area contributed by atoms with Gasteiger partial charge in [-0.3, -0.25) is 9.78 Å². The van der Waals surface area contributed by atoms with Crippen LogP contribution in [0.25, 0.3) is 0 Å². The first-order valence-corrected chi connectivity index (χ1v) is 8.01. The number of rotatable bonds is 4. The van der Waals surface area contributed by atoms with E-state index in [4.69, 9.17) is 0 Å². The molecule has 2 rings (SSSR count). The van der Waals surface area contributed by atoms with Crippen LogP contribution in [-0.4, -0.2) is 35.5 Å². The van der Waals surface area contributed by atoms with E-state index in [0.717, 1.165) is 5.69 Å². The number of amides is 1. The molecule has 5 heteroatoms. The number of hydrogen-bond acceptors (Lipinski definition) is 4. The Balaban J connectivity index is 2.07. The lowest BCUT2D eigenvalue weighted by atomic mass is 9.94. The summed E-state index contributed by atoms with van der Waals surface area (Å²) in [6, 6.07) is 4.24. The third-order valence-electron chi connectivity index (χ3n) is 3.58. The highest BCUT2D eigenvalue weighted by Crippen LogP contribution is 2.29. The van der Waals surface area contributed by atoms with Crippen molar-refractivity contribution in [3.8, 4) is 0 Å². The molecule has 1 aromatic heterocycles. The second-order valence-corrected chi connectivity index (χ2v) is 5.90. The normalized spacial score (nSPS) is 22.8. The Kier molecular flexibility index (Phi) is 5.07. The maximum Gasteiger partial charge on any atom is 0.269 e. The fourth-order valence-electron chi connectivity index (χ4n) is 2.53. The first kappa shape index (κ1) is 14.2. The summed E-state index contributed by atoms with van der Waals surface area (Å²) < 4.78 is 0. The molecule has 1 aliphatic carbocycles. The Labute approximate surface area is 118 Å². The van der Waals surface area contributed by atoms with E-state index in [1.54, 1.807) is 13.2 Å². The van der Waals surface area contributed by atoms with Crippen LogP contribution >= 0.6 is 11.8 Å². The number of carbonyl (C=O) groups is 1. The number of nitrogens with one attached hydrogen (secondary N) is 2. The molecule has 1 aromatic rings. The number of anilines is 1. The van der Waals surface area contributed by atoms with Crippen molar-refractivity contribution in [2.45, 2.75) is 37.0 Å². The lowest BCUT2D eigenvalue weighted by molar-refractivity contribution is 0.0958. The SMILES string of the molecule is CNC(=O)c1cc(NC2CCCCC2SC)ccn1. The van der Waals surface area contributed by atoms with Crippen LogP contribution in [0.5, 0.6) is 0 Å². The van der Waals surface area contributed by atoms with E-state index in [0.29, 0.717) is 17.0 Å². The number of carbonyl (C=O) groups excluding carboxylic acids is 1. The molecule has 0 saturated heterocycles.